The number of aliphatic hydroxyl groups is 1. The van der Waals surface area contributed by atoms with Gasteiger partial charge in [-0.2, -0.15) is 0 Å². The summed E-state index contributed by atoms with van der Waals surface area (Å²) in [6.45, 7) is 3.89. The number of nitrogens with one attached hydrogen (secondary N) is 1. The van der Waals surface area contributed by atoms with E-state index in [2.05, 4.69) is 26.2 Å². The van der Waals surface area contributed by atoms with Crippen molar-refractivity contribution in [1.29, 1.82) is 0 Å². The van der Waals surface area contributed by atoms with Gasteiger partial charge in [0.25, 0.3) is 0 Å². The fourth-order valence-electron chi connectivity index (χ4n) is 0.941. The van der Waals surface area contributed by atoms with E-state index < -0.39 is 5.60 Å². The first kappa shape index (κ1) is 11.3. The molecule has 0 bridgehead atoms. The molecule has 0 saturated carbocycles. The molecule has 1 rings (SSSR count). The molecule has 14 heavy (non-hydrogen) atoms. The van der Waals surface area contributed by atoms with Gasteiger partial charge < -0.3 is 16.2 Å². The molecular formula is C9H14BrN3O. The summed E-state index contributed by atoms with van der Waals surface area (Å²) in [4.78, 5) is 3.91. The molecule has 78 valence electrons. The minimum atomic E-state index is -0.769. The van der Waals surface area contributed by atoms with Gasteiger partial charge in [-0.25, -0.2) is 0 Å². The average Bonchev–Trinajstić information content (AvgIpc) is 2.01. The summed E-state index contributed by atoms with van der Waals surface area (Å²) in [6.07, 6.45) is 3.22. The summed E-state index contributed by atoms with van der Waals surface area (Å²) < 4.78 is 0.793. The first-order valence-corrected chi connectivity index (χ1v) is 5.05. The molecule has 0 amide bonds. The molecule has 1 aromatic rings. The molecule has 5 heteroatoms. The van der Waals surface area contributed by atoms with Crippen LogP contribution in [0.25, 0.3) is 0 Å². The molecule has 0 aliphatic rings. The van der Waals surface area contributed by atoms with E-state index in [1.54, 1.807) is 26.2 Å². The fourth-order valence-corrected chi connectivity index (χ4v) is 1.43. The molecule has 0 atom stereocenters. The molecule has 0 spiro atoms. The Hall–Kier alpha value is -0.810. The van der Waals surface area contributed by atoms with Gasteiger partial charge in [-0.15, -0.1) is 0 Å². The third-order valence-corrected chi connectivity index (χ3v) is 2.23. The van der Waals surface area contributed by atoms with Crippen LogP contribution in [0.4, 0.5) is 11.4 Å². The van der Waals surface area contributed by atoms with Crippen LogP contribution >= 0.6 is 15.9 Å². The Morgan fingerprint density at radius 1 is 1.57 bits per heavy atom. The largest absolute Gasteiger partial charge is 0.396 e. The van der Waals surface area contributed by atoms with Gasteiger partial charge in [0, 0.05) is 12.7 Å². The molecule has 0 aliphatic carbocycles. The number of nitrogens with two attached hydrogens (primary N) is 1. The number of anilines is 2. The number of hydrogen-bond donors (Lipinski definition) is 3. The van der Waals surface area contributed by atoms with Crippen LogP contribution in [0.5, 0.6) is 0 Å². The average molecular weight is 260 g/mol. The van der Waals surface area contributed by atoms with Crippen LogP contribution in [0, 0.1) is 0 Å². The number of hydrogen-bond acceptors (Lipinski definition) is 4. The van der Waals surface area contributed by atoms with E-state index in [-0.39, 0.29) is 0 Å². The molecule has 0 radical (unpaired) electrons. The minimum Gasteiger partial charge on any atom is -0.396 e. The third kappa shape index (κ3) is 3.16. The van der Waals surface area contributed by atoms with Crippen molar-refractivity contribution in [3.63, 3.8) is 0 Å². The van der Waals surface area contributed by atoms with E-state index in [1.807, 2.05) is 0 Å². The van der Waals surface area contributed by atoms with Crippen molar-refractivity contribution < 1.29 is 5.11 Å². The molecule has 0 aromatic carbocycles. The van der Waals surface area contributed by atoms with Gasteiger partial charge in [0.05, 0.1) is 27.6 Å². The predicted octanol–water partition coefficient (Wildman–Crippen LogP) is 1.61. The Morgan fingerprint density at radius 2 is 2.21 bits per heavy atom. The maximum atomic E-state index is 9.53. The number of rotatable bonds is 3. The summed E-state index contributed by atoms with van der Waals surface area (Å²) in [5.41, 5.74) is 6.27. The lowest BCUT2D eigenvalue weighted by molar-refractivity contribution is 0.0945. The maximum Gasteiger partial charge on any atom is 0.0763 e. The van der Waals surface area contributed by atoms with E-state index in [4.69, 9.17) is 5.73 Å². The topological polar surface area (TPSA) is 71.2 Å². The molecule has 0 fully saturated rings. The second-order valence-electron chi connectivity index (χ2n) is 3.75. The normalized spacial score (nSPS) is 11.4. The van der Waals surface area contributed by atoms with Gasteiger partial charge in [-0.3, -0.25) is 4.98 Å². The van der Waals surface area contributed by atoms with Crippen LogP contribution in [0.3, 0.4) is 0 Å². The lowest BCUT2D eigenvalue weighted by Gasteiger charge is -2.19. The maximum absolute atomic E-state index is 9.53. The SMILES string of the molecule is CC(C)(O)CNc1c(N)cncc1Br. The lowest BCUT2D eigenvalue weighted by atomic mass is 10.1. The summed E-state index contributed by atoms with van der Waals surface area (Å²) in [5, 5.41) is 12.6. The van der Waals surface area contributed by atoms with E-state index in [1.165, 1.54) is 0 Å². The Morgan fingerprint density at radius 3 is 2.71 bits per heavy atom. The number of aromatic nitrogens is 1. The van der Waals surface area contributed by atoms with Crippen LogP contribution in [0.1, 0.15) is 13.8 Å². The monoisotopic (exact) mass is 259 g/mol. The standard InChI is InChI=1S/C9H14BrN3O/c1-9(2,14)5-13-8-6(10)3-12-4-7(8)11/h3-4,14H,5,11H2,1-2H3,(H,12,13). The van der Waals surface area contributed by atoms with E-state index in [0.29, 0.717) is 12.2 Å². The summed E-state index contributed by atoms with van der Waals surface area (Å²) >= 11 is 3.33. The number of nitrogens with zero attached hydrogens (tertiary/aromatic N) is 1. The minimum absolute atomic E-state index is 0.430. The highest BCUT2D eigenvalue weighted by molar-refractivity contribution is 9.10. The quantitative estimate of drug-likeness (QED) is 0.772. The van der Waals surface area contributed by atoms with Gasteiger partial charge >= 0.3 is 0 Å². The molecule has 4 N–H and O–H groups in total. The zero-order chi connectivity index (χ0) is 10.8. The predicted molar refractivity (Wildman–Crippen MR) is 61.1 cm³/mol. The van der Waals surface area contributed by atoms with E-state index in [9.17, 15) is 5.11 Å². The van der Waals surface area contributed by atoms with Crippen molar-refractivity contribution in [3.05, 3.63) is 16.9 Å². The van der Waals surface area contributed by atoms with Gasteiger partial charge in [0.2, 0.25) is 0 Å². The van der Waals surface area contributed by atoms with Crippen LogP contribution in [-0.4, -0.2) is 22.2 Å². The van der Waals surface area contributed by atoms with E-state index in [0.717, 1.165) is 10.2 Å². The summed E-state index contributed by atoms with van der Waals surface area (Å²) in [7, 11) is 0. The van der Waals surface area contributed by atoms with Crippen LogP contribution < -0.4 is 11.1 Å². The van der Waals surface area contributed by atoms with Gasteiger partial charge in [0.15, 0.2) is 0 Å². The first-order valence-electron chi connectivity index (χ1n) is 4.25. The van der Waals surface area contributed by atoms with Crippen molar-refractivity contribution in [3.8, 4) is 0 Å². The smallest absolute Gasteiger partial charge is 0.0763 e. The number of halogens is 1. The molecule has 0 aliphatic heterocycles. The zero-order valence-electron chi connectivity index (χ0n) is 8.21. The molecule has 1 heterocycles. The van der Waals surface area contributed by atoms with Gasteiger partial charge in [0.1, 0.15) is 0 Å². The molecular weight excluding hydrogens is 246 g/mol. The number of pyridine rings is 1. The molecule has 0 unspecified atom stereocenters. The Bertz CT molecular complexity index is 302. The fraction of sp³-hybridized carbons (Fsp3) is 0.444. The van der Waals surface area contributed by atoms with Crippen LogP contribution in [-0.2, 0) is 0 Å². The Kier molecular flexibility index (Phi) is 3.34. The first-order chi connectivity index (χ1) is 6.40. The van der Waals surface area contributed by atoms with Crippen LogP contribution in [0.2, 0.25) is 0 Å². The van der Waals surface area contributed by atoms with Crippen molar-refractivity contribution >= 4 is 27.3 Å². The molecule has 0 saturated heterocycles. The van der Waals surface area contributed by atoms with Crippen molar-refractivity contribution in [1.82, 2.24) is 4.98 Å². The van der Waals surface area contributed by atoms with Crippen LogP contribution in [0.15, 0.2) is 16.9 Å². The van der Waals surface area contributed by atoms with Crippen molar-refractivity contribution in [2.24, 2.45) is 0 Å². The number of nitrogen functional groups attached to an aromatic ring is 1. The summed E-state index contributed by atoms with van der Waals surface area (Å²) in [6, 6.07) is 0. The Balaban J connectivity index is 2.77. The van der Waals surface area contributed by atoms with Gasteiger partial charge in [-0.1, -0.05) is 0 Å². The zero-order valence-corrected chi connectivity index (χ0v) is 9.80. The van der Waals surface area contributed by atoms with E-state index >= 15 is 0 Å². The highest BCUT2D eigenvalue weighted by Gasteiger charge is 2.13. The highest BCUT2D eigenvalue weighted by Crippen LogP contribution is 2.27. The highest BCUT2D eigenvalue weighted by atomic mass is 79.9. The lowest BCUT2D eigenvalue weighted by Crippen LogP contribution is -2.29. The molecule has 4 nitrogen and oxygen atoms in total. The van der Waals surface area contributed by atoms with Crippen molar-refractivity contribution in [2.75, 3.05) is 17.6 Å². The molecule has 1 aromatic heterocycles. The summed E-state index contributed by atoms with van der Waals surface area (Å²) in [5.74, 6) is 0. The Labute approximate surface area is 91.7 Å². The van der Waals surface area contributed by atoms with Crippen molar-refractivity contribution in [2.45, 2.75) is 19.4 Å². The third-order valence-electron chi connectivity index (χ3n) is 1.63. The second-order valence-corrected chi connectivity index (χ2v) is 4.61. The second kappa shape index (κ2) is 4.14. The van der Waals surface area contributed by atoms with Gasteiger partial charge in [-0.05, 0) is 29.8 Å².